The molecule has 0 radical (unpaired) electrons. The van der Waals surface area contributed by atoms with Gasteiger partial charge in [0.25, 0.3) is 0 Å². The highest BCUT2D eigenvalue weighted by molar-refractivity contribution is 4.99. The maximum Gasteiger partial charge on any atom is -0.0121 e. The number of allylic oxidation sites excluding steroid dienone is 2. The third-order valence-electron chi connectivity index (χ3n) is 3.73. The van der Waals surface area contributed by atoms with Crippen LogP contribution in [0.25, 0.3) is 0 Å². The first-order valence-corrected chi connectivity index (χ1v) is 5.86. The summed E-state index contributed by atoms with van der Waals surface area (Å²) in [5.41, 5.74) is 0.555. The van der Waals surface area contributed by atoms with Crippen molar-refractivity contribution in [2.75, 3.05) is 0 Å². The molecule has 0 nitrogen and oxygen atoms in total. The summed E-state index contributed by atoms with van der Waals surface area (Å²) in [7, 11) is 0. The molecule has 1 rings (SSSR count). The quantitative estimate of drug-likeness (QED) is 0.431. The van der Waals surface area contributed by atoms with Crippen molar-refractivity contribution in [3.63, 3.8) is 0 Å². The van der Waals surface area contributed by atoms with Crippen LogP contribution in [-0.2, 0) is 0 Å². The molecule has 0 saturated heterocycles. The molecule has 1 aliphatic carbocycles. The van der Waals surface area contributed by atoms with E-state index in [1.807, 2.05) is 0 Å². The van der Waals surface area contributed by atoms with Crippen molar-refractivity contribution in [3.05, 3.63) is 12.2 Å². The highest BCUT2D eigenvalue weighted by Gasteiger charge is 2.27. The summed E-state index contributed by atoms with van der Waals surface area (Å²) >= 11 is 0. The molecular weight excluding hydrogens is 156 g/mol. The van der Waals surface area contributed by atoms with Gasteiger partial charge in [0.05, 0.1) is 0 Å². The molecule has 1 aliphatic rings. The number of hydrogen-bond donors (Lipinski definition) is 0. The standard InChI is InChI=1S/C13H24/c1-4-9-13(5-2)10-6-7-12(3)8-11-13/h4,9,12H,5-8,10-11H2,1-3H3/b9-4-. The third-order valence-corrected chi connectivity index (χ3v) is 3.73. The van der Waals surface area contributed by atoms with Gasteiger partial charge < -0.3 is 0 Å². The monoisotopic (exact) mass is 180 g/mol. The molecule has 1 saturated carbocycles. The number of rotatable bonds is 2. The molecule has 0 aromatic carbocycles. The van der Waals surface area contributed by atoms with Crippen LogP contribution in [0.4, 0.5) is 0 Å². The second kappa shape index (κ2) is 4.83. The second-order valence-electron chi connectivity index (χ2n) is 4.75. The third kappa shape index (κ3) is 2.86. The van der Waals surface area contributed by atoms with E-state index in [0.717, 1.165) is 5.92 Å². The molecule has 1 fully saturated rings. The maximum absolute atomic E-state index is 2.46. The molecule has 0 aliphatic heterocycles. The van der Waals surface area contributed by atoms with Crippen LogP contribution in [0.1, 0.15) is 59.3 Å². The van der Waals surface area contributed by atoms with Crippen LogP contribution >= 0.6 is 0 Å². The Balaban J connectivity index is 2.63. The van der Waals surface area contributed by atoms with Crippen molar-refractivity contribution in [3.8, 4) is 0 Å². The minimum Gasteiger partial charge on any atom is -0.0911 e. The van der Waals surface area contributed by atoms with Gasteiger partial charge in [-0.25, -0.2) is 0 Å². The predicted molar refractivity (Wildman–Crippen MR) is 59.8 cm³/mol. The molecule has 0 heterocycles. The molecule has 0 bridgehead atoms. The molecule has 0 N–H and O–H groups in total. The van der Waals surface area contributed by atoms with E-state index in [4.69, 9.17) is 0 Å². The van der Waals surface area contributed by atoms with E-state index in [2.05, 4.69) is 32.9 Å². The van der Waals surface area contributed by atoms with Crippen LogP contribution in [0.15, 0.2) is 12.2 Å². The minimum atomic E-state index is 0.555. The predicted octanol–water partition coefficient (Wildman–Crippen LogP) is 4.56. The summed E-state index contributed by atoms with van der Waals surface area (Å²) in [5, 5.41) is 0. The Morgan fingerprint density at radius 1 is 1.31 bits per heavy atom. The lowest BCUT2D eigenvalue weighted by molar-refractivity contribution is 0.312. The van der Waals surface area contributed by atoms with Crippen LogP contribution in [-0.4, -0.2) is 0 Å². The summed E-state index contributed by atoms with van der Waals surface area (Å²) < 4.78 is 0. The van der Waals surface area contributed by atoms with E-state index in [-0.39, 0.29) is 0 Å². The van der Waals surface area contributed by atoms with Crippen molar-refractivity contribution >= 4 is 0 Å². The van der Waals surface area contributed by atoms with Gasteiger partial charge in [0, 0.05) is 0 Å². The molecular formula is C13H24. The molecule has 13 heavy (non-hydrogen) atoms. The minimum absolute atomic E-state index is 0.555. The lowest BCUT2D eigenvalue weighted by Crippen LogP contribution is -2.15. The molecule has 0 aromatic rings. The summed E-state index contributed by atoms with van der Waals surface area (Å²) in [6.45, 7) is 6.91. The average molecular weight is 180 g/mol. The van der Waals surface area contributed by atoms with Crippen molar-refractivity contribution < 1.29 is 0 Å². The zero-order valence-electron chi connectivity index (χ0n) is 9.47. The fourth-order valence-electron chi connectivity index (χ4n) is 2.60. The Labute approximate surface area is 83.4 Å². The Morgan fingerprint density at radius 2 is 2.08 bits per heavy atom. The molecule has 0 spiro atoms. The van der Waals surface area contributed by atoms with Crippen molar-refractivity contribution in [2.24, 2.45) is 11.3 Å². The zero-order chi connectivity index (χ0) is 9.73. The Kier molecular flexibility index (Phi) is 4.02. The average Bonchev–Trinajstić information content (AvgIpc) is 2.30. The van der Waals surface area contributed by atoms with Gasteiger partial charge in [-0.2, -0.15) is 0 Å². The van der Waals surface area contributed by atoms with Crippen LogP contribution in [0.3, 0.4) is 0 Å². The summed E-state index contributed by atoms with van der Waals surface area (Å²) in [6.07, 6.45) is 13.2. The molecule has 2 unspecified atom stereocenters. The van der Waals surface area contributed by atoms with Gasteiger partial charge in [-0.1, -0.05) is 38.8 Å². The first-order valence-electron chi connectivity index (χ1n) is 5.86. The second-order valence-corrected chi connectivity index (χ2v) is 4.75. The van der Waals surface area contributed by atoms with Gasteiger partial charge in [-0.05, 0) is 43.9 Å². The lowest BCUT2D eigenvalue weighted by Gasteiger charge is -2.27. The van der Waals surface area contributed by atoms with Gasteiger partial charge in [-0.15, -0.1) is 0 Å². The molecule has 0 aromatic heterocycles. The highest BCUT2D eigenvalue weighted by atomic mass is 14.3. The summed E-state index contributed by atoms with van der Waals surface area (Å²) in [6, 6.07) is 0. The highest BCUT2D eigenvalue weighted by Crippen LogP contribution is 2.40. The first kappa shape index (κ1) is 10.8. The van der Waals surface area contributed by atoms with E-state index in [9.17, 15) is 0 Å². The van der Waals surface area contributed by atoms with Gasteiger partial charge in [0.2, 0.25) is 0 Å². The number of hydrogen-bond acceptors (Lipinski definition) is 0. The lowest BCUT2D eigenvalue weighted by atomic mass is 9.77. The van der Waals surface area contributed by atoms with Crippen molar-refractivity contribution in [1.82, 2.24) is 0 Å². The summed E-state index contributed by atoms with van der Waals surface area (Å²) in [5.74, 6) is 0.957. The first-order chi connectivity index (χ1) is 6.22. The van der Waals surface area contributed by atoms with E-state index < -0.39 is 0 Å². The fraction of sp³-hybridized carbons (Fsp3) is 0.846. The van der Waals surface area contributed by atoms with Crippen LogP contribution in [0, 0.1) is 11.3 Å². The van der Waals surface area contributed by atoms with E-state index in [1.165, 1.54) is 38.5 Å². The van der Waals surface area contributed by atoms with E-state index in [0.29, 0.717) is 5.41 Å². The zero-order valence-corrected chi connectivity index (χ0v) is 9.47. The largest absolute Gasteiger partial charge is 0.0911 e. The topological polar surface area (TPSA) is 0 Å². The van der Waals surface area contributed by atoms with Gasteiger partial charge in [0.1, 0.15) is 0 Å². The van der Waals surface area contributed by atoms with E-state index in [1.54, 1.807) is 0 Å². The summed E-state index contributed by atoms with van der Waals surface area (Å²) in [4.78, 5) is 0. The molecule has 2 atom stereocenters. The fourth-order valence-corrected chi connectivity index (χ4v) is 2.60. The Morgan fingerprint density at radius 3 is 2.69 bits per heavy atom. The van der Waals surface area contributed by atoms with Crippen LogP contribution in [0.5, 0.6) is 0 Å². The molecule has 0 amide bonds. The van der Waals surface area contributed by atoms with Crippen molar-refractivity contribution in [2.45, 2.75) is 59.3 Å². The Bertz CT molecular complexity index is 169. The molecule has 76 valence electrons. The van der Waals surface area contributed by atoms with Crippen LogP contribution < -0.4 is 0 Å². The van der Waals surface area contributed by atoms with Gasteiger partial charge >= 0.3 is 0 Å². The van der Waals surface area contributed by atoms with Crippen molar-refractivity contribution in [1.29, 1.82) is 0 Å². The Hall–Kier alpha value is -0.260. The van der Waals surface area contributed by atoms with Gasteiger partial charge in [0.15, 0.2) is 0 Å². The van der Waals surface area contributed by atoms with Gasteiger partial charge in [-0.3, -0.25) is 0 Å². The van der Waals surface area contributed by atoms with E-state index >= 15 is 0 Å². The maximum atomic E-state index is 2.46. The SMILES string of the molecule is C/C=C\C1(CC)CCCC(C)CC1. The smallest absolute Gasteiger partial charge is 0.0121 e. The molecule has 0 heteroatoms. The van der Waals surface area contributed by atoms with Crippen LogP contribution in [0.2, 0.25) is 0 Å². The normalized spacial score (nSPS) is 36.4.